The van der Waals surface area contributed by atoms with E-state index in [0.717, 1.165) is 38.8 Å². The fourth-order valence-electron chi connectivity index (χ4n) is 4.77. The number of aromatic nitrogens is 2. The summed E-state index contributed by atoms with van der Waals surface area (Å²) in [5.74, 6) is 0.890. The zero-order valence-corrected chi connectivity index (χ0v) is 16.0. The summed E-state index contributed by atoms with van der Waals surface area (Å²) in [6.45, 7) is 0. The van der Waals surface area contributed by atoms with E-state index in [1.54, 1.807) is 0 Å². The standard InChI is InChI=1S/C27H16N2O/c1-2-8-18-17(7-1)12-15-22-25(18)21-14-13-20-19-9-3-4-10-23(19)30-27(20)26(21)29(22)24-11-5-6-16-28-24/h1-16H. The molecular formula is C27H16N2O. The molecule has 0 amide bonds. The maximum absolute atomic E-state index is 6.42. The molecule has 7 rings (SSSR count). The van der Waals surface area contributed by atoms with Crippen molar-refractivity contribution in [2.45, 2.75) is 0 Å². The third kappa shape index (κ3) is 1.96. The molecule has 0 N–H and O–H groups in total. The van der Waals surface area contributed by atoms with Crippen LogP contribution in [0.15, 0.2) is 102 Å². The molecule has 3 nitrogen and oxygen atoms in total. The molecule has 0 bridgehead atoms. The van der Waals surface area contributed by atoms with Crippen molar-refractivity contribution < 1.29 is 4.42 Å². The molecule has 3 heterocycles. The van der Waals surface area contributed by atoms with E-state index in [2.05, 4.69) is 76.3 Å². The van der Waals surface area contributed by atoms with Crippen molar-refractivity contribution in [3.63, 3.8) is 0 Å². The molecule has 140 valence electrons. The lowest BCUT2D eigenvalue weighted by Gasteiger charge is -2.07. The summed E-state index contributed by atoms with van der Waals surface area (Å²) >= 11 is 0. The minimum atomic E-state index is 0.890. The molecule has 0 spiro atoms. The quantitative estimate of drug-likeness (QED) is 0.299. The van der Waals surface area contributed by atoms with Gasteiger partial charge in [-0.1, -0.05) is 60.7 Å². The Morgan fingerprint density at radius 3 is 2.33 bits per heavy atom. The summed E-state index contributed by atoms with van der Waals surface area (Å²) in [6, 6.07) is 31.6. The second-order valence-corrected chi connectivity index (χ2v) is 7.64. The van der Waals surface area contributed by atoms with Crippen molar-refractivity contribution in [2.75, 3.05) is 0 Å². The topological polar surface area (TPSA) is 31.0 Å². The molecule has 3 heteroatoms. The number of fused-ring (bicyclic) bond motifs is 9. The van der Waals surface area contributed by atoms with E-state index < -0.39 is 0 Å². The third-order valence-electron chi connectivity index (χ3n) is 6.04. The number of pyridine rings is 1. The van der Waals surface area contributed by atoms with Crippen LogP contribution in [0.4, 0.5) is 0 Å². The smallest absolute Gasteiger partial charge is 0.160 e. The molecule has 0 unspecified atom stereocenters. The van der Waals surface area contributed by atoms with Gasteiger partial charge in [0.2, 0.25) is 0 Å². The van der Waals surface area contributed by atoms with Gasteiger partial charge in [-0.25, -0.2) is 4.98 Å². The lowest BCUT2D eigenvalue weighted by molar-refractivity contribution is 0.671. The predicted octanol–water partition coefficient (Wildman–Crippen LogP) is 7.23. The summed E-state index contributed by atoms with van der Waals surface area (Å²) < 4.78 is 8.66. The van der Waals surface area contributed by atoms with E-state index in [-0.39, 0.29) is 0 Å². The molecule has 0 radical (unpaired) electrons. The molecule has 7 aromatic rings. The SMILES string of the molecule is c1ccc(-n2c3ccc4ccccc4c3c3ccc4c5ccccc5oc4c32)nc1. The lowest BCUT2D eigenvalue weighted by atomic mass is 10.0. The zero-order valence-electron chi connectivity index (χ0n) is 16.0. The van der Waals surface area contributed by atoms with Gasteiger partial charge in [-0.05, 0) is 41.1 Å². The molecule has 0 atom stereocenters. The van der Waals surface area contributed by atoms with E-state index in [0.29, 0.717) is 0 Å². The first-order valence-corrected chi connectivity index (χ1v) is 10.1. The first-order valence-electron chi connectivity index (χ1n) is 10.1. The van der Waals surface area contributed by atoms with E-state index in [4.69, 9.17) is 4.42 Å². The number of benzene rings is 4. The fraction of sp³-hybridized carbons (Fsp3) is 0. The first-order chi connectivity index (χ1) is 14.9. The van der Waals surface area contributed by atoms with Crippen molar-refractivity contribution in [2.24, 2.45) is 0 Å². The Morgan fingerprint density at radius 2 is 1.43 bits per heavy atom. The van der Waals surface area contributed by atoms with Crippen molar-refractivity contribution in [1.82, 2.24) is 9.55 Å². The van der Waals surface area contributed by atoms with Gasteiger partial charge in [-0.2, -0.15) is 0 Å². The van der Waals surface area contributed by atoms with Crippen LogP contribution in [0.5, 0.6) is 0 Å². The van der Waals surface area contributed by atoms with Crippen LogP contribution < -0.4 is 0 Å². The van der Waals surface area contributed by atoms with Crippen molar-refractivity contribution >= 4 is 54.5 Å². The molecule has 0 aliphatic carbocycles. The van der Waals surface area contributed by atoms with Crippen molar-refractivity contribution in [3.05, 3.63) is 97.2 Å². The summed E-state index contributed by atoms with van der Waals surface area (Å²) in [4.78, 5) is 4.68. The molecule has 0 aliphatic heterocycles. The third-order valence-corrected chi connectivity index (χ3v) is 6.04. The van der Waals surface area contributed by atoms with Crippen LogP contribution in [0.25, 0.3) is 60.3 Å². The Hall–Kier alpha value is -4.11. The average molecular weight is 384 g/mol. The molecule has 4 aromatic carbocycles. The van der Waals surface area contributed by atoms with Crippen LogP contribution in [-0.2, 0) is 0 Å². The first kappa shape index (κ1) is 15.8. The summed E-state index contributed by atoms with van der Waals surface area (Å²) in [6.07, 6.45) is 1.84. The zero-order chi connectivity index (χ0) is 19.7. The van der Waals surface area contributed by atoms with Crippen LogP contribution in [0, 0.1) is 0 Å². The maximum atomic E-state index is 6.42. The van der Waals surface area contributed by atoms with Gasteiger partial charge in [0.05, 0.1) is 11.0 Å². The average Bonchev–Trinajstić information content (AvgIpc) is 3.35. The number of para-hydroxylation sites is 1. The van der Waals surface area contributed by atoms with E-state index in [1.165, 1.54) is 21.5 Å². The highest BCUT2D eigenvalue weighted by molar-refractivity contribution is 6.27. The van der Waals surface area contributed by atoms with E-state index in [1.807, 2.05) is 30.5 Å². The minimum absolute atomic E-state index is 0.890. The second-order valence-electron chi connectivity index (χ2n) is 7.64. The van der Waals surface area contributed by atoms with Gasteiger partial charge in [0.1, 0.15) is 11.4 Å². The molecule has 3 aromatic heterocycles. The predicted molar refractivity (Wildman–Crippen MR) is 123 cm³/mol. The van der Waals surface area contributed by atoms with Crippen molar-refractivity contribution in [1.29, 1.82) is 0 Å². The lowest BCUT2D eigenvalue weighted by Crippen LogP contribution is -1.96. The van der Waals surface area contributed by atoms with Crippen LogP contribution in [0.2, 0.25) is 0 Å². The van der Waals surface area contributed by atoms with Gasteiger partial charge in [0.15, 0.2) is 5.58 Å². The number of furan rings is 1. The van der Waals surface area contributed by atoms with Gasteiger partial charge in [-0.15, -0.1) is 0 Å². The molecule has 0 saturated heterocycles. The molecule has 30 heavy (non-hydrogen) atoms. The second kappa shape index (κ2) is 5.71. The Labute approximate surface area is 171 Å². The van der Waals surface area contributed by atoms with Crippen LogP contribution >= 0.6 is 0 Å². The highest BCUT2D eigenvalue weighted by Crippen LogP contribution is 2.41. The van der Waals surface area contributed by atoms with Crippen LogP contribution in [0.1, 0.15) is 0 Å². The van der Waals surface area contributed by atoms with E-state index >= 15 is 0 Å². The summed E-state index contributed by atoms with van der Waals surface area (Å²) in [7, 11) is 0. The van der Waals surface area contributed by atoms with Crippen LogP contribution in [-0.4, -0.2) is 9.55 Å². The van der Waals surface area contributed by atoms with Gasteiger partial charge >= 0.3 is 0 Å². The van der Waals surface area contributed by atoms with Crippen LogP contribution in [0.3, 0.4) is 0 Å². The number of hydrogen-bond acceptors (Lipinski definition) is 2. The summed E-state index contributed by atoms with van der Waals surface area (Å²) in [5.41, 5.74) is 4.01. The summed E-state index contributed by atoms with van der Waals surface area (Å²) in [5, 5.41) is 7.15. The van der Waals surface area contributed by atoms with Gasteiger partial charge in [0, 0.05) is 27.7 Å². The minimum Gasteiger partial charge on any atom is -0.454 e. The maximum Gasteiger partial charge on any atom is 0.160 e. The molecular weight excluding hydrogens is 368 g/mol. The molecule has 0 aliphatic rings. The van der Waals surface area contributed by atoms with Gasteiger partial charge in [-0.3, -0.25) is 4.57 Å². The number of nitrogens with zero attached hydrogens (tertiary/aromatic N) is 2. The Morgan fingerprint density at radius 1 is 0.633 bits per heavy atom. The highest BCUT2D eigenvalue weighted by Gasteiger charge is 2.20. The Balaban J connectivity index is 1.81. The largest absolute Gasteiger partial charge is 0.454 e. The fourth-order valence-corrected chi connectivity index (χ4v) is 4.77. The number of rotatable bonds is 1. The van der Waals surface area contributed by atoms with Gasteiger partial charge < -0.3 is 4.42 Å². The van der Waals surface area contributed by atoms with Gasteiger partial charge in [0.25, 0.3) is 0 Å². The van der Waals surface area contributed by atoms with Crippen molar-refractivity contribution in [3.8, 4) is 5.82 Å². The number of hydrogen-bond donors (Lipinski definition) is 0. The van der Waals surface area contributed by atoms with E-state index in [9.17, 15) is 0 Å². The normalized spacial score (nSPS) is 12.0. The highest BCUT2D eigenvalue weighted by atomic mass is 16.3. The Bertz CT molecular complexity index is 1740. The molecule has 0 fully saturated rings. The Kier molecular flexibility index (Phi) is 3.00. The molecule has 0 saturated carbocycles. The monoisotopic (exact) mass is 384 g/mol.